The number of para-hydroxylation sites is 1. The molecule has 3 nitrogen and oxygen atoms in total. The highest BCUT2D eigenvalue weighted by Gasteiger charge is 2.56. The summed E-state index contributed by atoms with van der Waals surface area (Å²) in [5.74, 6) is 1.59. The number of aryl methyl sites for hydroxylation is 1. The molecule has 6 aliphatic carbocycles. The number of nitrogens with zero attached hydrogens (tertiary/aromatic N) is 2. The van der Waals surface area contributed by atoms with Gasteiger partial charge >= 0.3 is 0 Å². The SMILES string of the molecule is Cc1cc2c3c(c1)-n1c4c(c5cc(C(C)(C)C)cc(c51)B3C1CC=C(C3CC5(C)CCCCC5(C)c5cc(C(C)(C)C)ccc53)C=C1N2C1=C2c3ccccc3OC2CC=C1)C1=CCCC=C1C4(C)C. The van der Waals surface area contributed by atoms with E-state index in [4.69, 9.17) is 4.74 Å². The first-order valence-electron chi connectivity index (χ1n) is 27.2. The standard InChI is InChI=1S/C66H71BN2O/c1-38-31-53-59-54(32-38)69-60-45(57-43-19-12-14-21-47(43)64(8,9)61(57)69)34-41(63(5,6)7)36-50(60)67(59)49-28-25-39(33-52(49)68(53)51-22-18-24-56-58(51)44-20-13-15-23-55(44)70-56)46-37-65(10)29-16-17-30-66(65,11)48-35-40(62(2,3)4)26-27-42(46)48/h13,15,18-23,25-27,31-36,46,49,56H,12,14,16-17,24,28-30,37H2,1-11H3. The molecule has 1 saturated carbocycles. The van der Waals surface area contributed by atoms with Crippen molar-refractivity contribution in [1.29, 1.82) is 0 Å². The van der Waals surface area contributed by atoms with Gasteiger partial charge in [-0.1, -0.05) is 149 Å². The Morgan fingerprint density at radius 3 is 2.37 bits per heavy atom. The Morgan fingerprint density at radius 2 is 1.56 bits per heavy atom. The van der Waals surface area contributed by atoms with Crippen molar-refractivity contribution < 1.29 is 4.74 Å². The number of anilines is 1. The average Bonchev–Trinajstić information content (AvgIpc) is 3.96. The number of fused-ring (bicyclic) bond motifs is 15. The highest BCUT2D eigenvalue weighted by Crippen LogP contribution is 2.64. The zero-order valence-corrected chi connectivity index (χ0v) is 43.8. The second kappa shape index (κ2) is 14.1. The summed E-state index contributed by atoms with van der Waals surface area (Å²) in [5, 5.41) is 1.45. The molecule has 354 valence electrons. The van der Waals surface area contributed by atoms with Crippen LogP contribution in [0.3, 0.4) is 0 Å². The molecule has 4 heteroatoms. The normalized spacial score (nSPS) is 27.5. The third kappa shape index (κ3) is 5.60. The van der Waals surface area contributed by atoms with Gasteiger partial charge in [-0.3, -0.25) is 0 Å². The number of allylic oxidation sites excluding steroid dienone is 9. The lowest BCUT2D eigenvalue weighted by Gasteiger charge is -2.57. The van der Waals surface area contributed by atoms with Gasteiger partial charge in [-0.05, 0) is 165 Å². The molecular weight excluding hydrogens is 848 g/mol. The zero-order chi connectivity index (χ0) is 48.2. The molecule has 0 saturated heterocycles. The molecule has 3 aliphatic heterocycles. The second-order valence-corrected chi connectivity index (χ2v) is 26.3. The largest absolute Gasteiger partial charge is 0.485 e. The zero-order valence-electron chi connectivity index (χ0n) is 43.8. The first kappa shape index (κ1) is 43.3. The van der Waals surface area contributed by atoms with Gasteiger partial charge in [0.15, 0.2) is 0 Å². The Kier molecular flexibility index (Phi) is 8.75. The maximum atomic E-state index is 6.87. The number of rotatable bonds is 2. The predicted molar refractivity (Wildman–Crippen MR) is 295 cm³/mol. The second-order valence-electron chi connectivity index (χ2n) is 26.3. The molecule has 1 fully saturated rings. The predicted octanol–water partition coefficient (Wildman–Crippen LogP) is 15.4. The summed E-state index contributed by atoms with van der Waals surface area (Å²) < 4.78 is 9.67. The van der Waals surface area contributed by atoms with E-state index < -0.39 is 0 Å². The summed E-state index contributed by atoms with van der Waals surface area (Å²) in [6.07, 6.45) is 26.0. The highest BCUT2D eigenvalue weighted by atomic mass is 16.5. The van der Waals surface area contributed by atoms with Crippen LogP contribution in [0.4, 0.5) is 5.69 Å². The fraction of sp³-hybridized carbons (Fsp3) is 0.424. The molecule has 14 rings (SSSR count). The van der Waals surface area contributed by atoms with Gasteiger partial charge in [0.2, 0.25) is 6.71 Å². The molecule has 4 heterocycles. The number of ether oxygens (including phenoxy) is 1. The molecule has 5 atom stereocenters. The van der Waals surface area contributed by atoms with Crippen LogP contribution in [-0.4, -0.2) is 17.4 Å². The lowest BCUT2D eigenvalue weighted by atomic mass is 9.29. The van der Waals surface area contributed by atoms with E-state index >= 15 is 0 Å². The van der Waals surface area contributed by atoms with Crippen molar-refractivity contribution in [2.75, 3.05) is 4.90 Å². The first-order chi connectivity index (χ1) is 33.4. The van der Waals surface area contributed by atoms with Crippen molar-refractivity contribution in [1.82, 2.24) is 4.57 Å². The Morgan fingerprint density at radius 1 is 0.786 bits per heavy atom. The van der Waals surface area contributed by atoms with Crippen molar-refractivity contribution in [3.8, 4) is 11.4 Å². The maximum Gasteiger partial charge on any atom is 0.226 e. The van der Waals surface area contributed by atoms with Crippen LogP contribution in [0.25, 0.3) is 27.7 Å². The van der Waals surface area contributed by atoms with Gasteiger partial charge in [-0.2, -0.15) is 0 Å². The van der Waals surface area contributed by atoms with Gasteiger partial charge in [-0.15, -0.1) is 0 Å². The lowest BCUT2D eigenvalue weighted by Crippen LogP contribution is -2.58. The fourth-order valence-corrected chi connectivity index (χ4v) is 16.0. The van der Waals surface area contributed by atoms with E-state index in [0.717, 1.165) is 31.4 Å². The van der Waals surface area contributed by atoms with E-state index in [1.165, 1.54) is 133 Å². The van der Waals surface area contributed by atoms with Crippen LogP contribution in [0.5, 0.6) is 5.75 Å². The highest BCUT2D eigenvalue weighted by molar-refractivity contribution is 6.91. The number of benzene rings is 4. The number of aromatic nitrogens is 1. The summed E-state index contributed by atoms with van der Waals surface area (Å²) in [7, 11) is 0. The van der Waals surface area contributed by atoms with Crippen LogP contribution in [-0.2, 0) is 21.7 Å². The van der Waals surface area contributed by atoms with E-state index in [9.17, 15) is 0 Å². The molecule has 0 radical (unpaired) electrons. The number of hydrogen-bond donors (Lipinski definition) is 0. The molecule has 5 aromatic rings. The maximum absolute atomic E-state index is 6.87. The monoisotopic (exact) mass is 919 g/mol. The summed E-state index contributed by atoms with van der Waals surface area (Å²) in [6.45, 7) is 27.3. The quantitative estimate of drug-likeness (QED) is 0.164. The Balaban J connectivity index is 1.06. The van der Waals surface area contributed by atoms with Gasteiger partial charge < -0.3 is 14.2 Å². The van der Waals surface area contributed by atoms with Crippen molar-refractivity contribution in [2.45, 2.75) is 173 Å². The van der Waals surface area contributed by atoms with E-state index in [0.29, 0.717) is 5.92 Å². The van der Waals surface area contributed by atoms with Gasteiger partial charge in [0.05, 0.1) is 5.70 Å². The fourth-order valence-electron chi connectivity index (χ4n) is 16.0. The Labute approximate surface area is 418 Å². The van der Waals surface area contributed by atoms with E-state index in [2.05, 4.69) is 189 Å². The van der Waals surface area contributed by atoms with Crippen molar-refractivity contribution >= 4 is 45.4 Å². The number of hydrogen-bond acceptors (Lipinski definition) is 2. The van der Waals surface area contributed by atoms with Gasteiger partial charge in [-0.25, -0.2) is 0 Å². The van der Waals surface area contributed by atoms with E-state index in [1.54, 1.807) is 11.1 Å². The van der Waals surface area contributed by atoms with Crippen molar-refractivity contribution in [2.24, 2.45) is 5.41 Å². The minimum absolute atomic E-state index is 0.00678. The Hall–Kier alpha value is -5.48. The molecule has 1 aromatic heterocycles. The molecule has 9 aliphatic rings. The molecule has 4 aromatic carbocycles. The third-order valence-corrected chi connectivity index (χ3v) is 19.9. The molecule has 0 spiro atoms. The van der Waals surface area contributed by atoms with Crippen LogP contribution >= 0.6 is 0 Å². The molecule has 70 heavy (non-hydrogen) atoms. The summed E-state index contributed by atoms with van der Waals surface area (Å²) >= 11 is 0. The molecule has 0 bridgehead atoms. The molecule has 5 unspecified atom stereocenters. The molecular formula is C66H71BN2O. The first-order valence-corrected chi connectivity index (χ1v) is 27.2. The Bertz CT molecular complexity index is 3400. The van der Waals surface area contributed by atoms with Crippen LogP contribution in [0.2, 0.25) is 5.82 Å². The van der Waals surface area contributed by atoms with Crippen LogP contribution in [0.15, 0.2) is 126 Å². The minimum atomic E-state index is -0.130. The topological polar surface area (TPSA) is 17.4 Å². The molecule has 0 N–H and O–H groups in total. The molecule has 0 amide bonds. The van der Waals surface area contributed by atoms with E-state index in [1.807, 2.05) is 0 Å². The minimum Gasteiger partial charge on any atom is -0.485 e. The summed E-state index contributed by atoms with van der Waals surface area (Å²) in [5.41, 5.74) is 27.8. The average molecular weight is 919 g/mol. The van der Waals surface area contributed by atoms with Gasteiger partial charge in [0.25, 0.3) is 0 Å². The smallest absolute Gasteiger partial charge is 0.226 e. The van der Waals surface area contributed by atoms with Gasteiger partial charge in [0.1, 0.15) is 11.9 Å². The summed E-state index contributed by atoms with van der Waals surface area (Å²) in [4.78, 5) is 2.79. The lowest BCUT2D eigenvalue weighted by molar-refractivity contribution is 0.0597. The van der Waals surface area contributed by atoms with Crippen molar-refractivity contribution in [3.63, 3.8) is 0 Å². The van der Waals surface area contributed by atoms with Crippen LogP contribution in [0, 0.1) is 12.3 Å². The van der Waals surface area contributed by atoms with Crippen LogP contribution < -0.4 is 20.6 Å². The van der Waals surface area contributed by atoms with Gasteiger partial charge in [0, 0.05) is 68.1 Å². The van der Waals surface area contributed by atoms with E-state index in [-0.39, 0.29) is 45.7 Å². The van der Waals surface area contributed by atoms with Crippen molar-refractivity contribution in [3.05, 3.63) is 170 Å². The summed E-state index contributed by atoms with van der Waals surface area (Å²) in [6, 6.07) is 26.9. The van der Waals surface area contributed by atoms with Crippen LogP contribution in [0.1, 0.15) is 178 Å². The third-order valence-electron chi connectivity index (χ3n) is 19.9.